The van der Waals surface area contributed by atoms with E-state index < -0.39 is 23.3 Å². The molecule has 0 saturated carbocycles. The van der Waals surface area contributed by atoms with E-state index in [2.05, 4.69) is 4.98 Å². The van der Waals surface area contributed by atoms with E-state index in [1.807, 2.05) is 0 Å². The maximum absolute atomic E-state index is 12.0. The molecule has 0 amide bonds. The van der Waals surface area contributed by atoms with Crippen molar-refractivity contribution in [3.63, 3.8) is 0 Å². The third-order valence-electron chi connectivity index (χ3n) is 1.54. The van der Waals surface area contributed by atoms with Gasteiger partial charge in [-0.1, -0.05) is 6.07 Å². The van der Waals surface area contributed by atoms with E-state index in [1.165, 1.54) is 12.3 Å². The zero-order chi connectivity index (χ0) is 10.1. The van der Waals surface area contributed by atoms with E-state index in [-0.39, 0.29) is 0 Å². The van der Waals surface area contributed by atoms with Crippen molar-refractivity contribution >= 4 is 0 Å². The van der Waals surface area contributed by atoms with E-state index in [1.54, 1.807) is 0 Å². The van der Waals surface area contributed by atoms with Crippen LogP contribution in [0.5, 0.6) is 0 Å². The highest BCUT2D eigenvalue weighted by molar-refractivity contribution is 5.15. The number of nitrogens with one attached hydrogen (secondary N) is 1. The van der Waals surface area contributed by atoms with Gasteiger partial charge in [0.05, 0.1) is 0 Å². The van der Waals surface area contributed by atoms with Crippen molar-refractivity contribution in [2.24, 2.45) is 5.73 Å². The van der Waals surface area contributed by atoms with Crippen molar-refractivity contribution in [1.82, 2.24) is 4.98 Å². The summed E-state index contributed by atoms with van der Waals surface area (Å²) < 4.78 is 36.1. The standard InChI is InChI=1S/C7H7F3N2O/c8-7(9,10)5(11)4-2-1-3-12-6(4)13/h1-3,5H,11H2,(H,12,13). The first kappa shape index (κ1) is 9.79. The lowest BCUT2D eigenvalue weighted by atomic mass is 10.1. The maximum Gasteiger partial charge on any atom is 0.407 e. The molecule has 0 aliphatic carbocycles. The first-order valence-corrected chi connectivity index (χ1v) is 3.43. The zero-order valence-corrected chi connectivity index (χ0v) is 6.43. The third kappa shape index (κ3) is 2.09. The molecule has 0 aliphatic heterocycles. The van der Waals surface area contributed by atoms with Crippen LogP contribution in [0, 0.1) is 0 Å². The molecule has 0 radical (unpaired) electrons. The lowest BCUT2D eigenvalue weighted by molar-refractivity contribution is -0.149. The molecular weight excluding hydrogens is 185 g/mol. The zero-order valence-electron chi connectivity index (χ0n) is 6.43. The number of nitrogens with two attached hydrogens (primary N) is 1. The number of aromatic nitrogens is 1. The second-order valence-electron chi connectivity index (χ2n) is 2.47. The van der Waals surface area contributed by atoms with Crippen LogP contribution >= 0.6 is 0 Å². The van der Waals surface area contributed by atoms with Gasteiger partial charge in [-0.15, -0.1) is 0 Å². The van der Waals surface area contributed by atoms with E-state index in [0.29, 0.717) is 0 Å². The van der Waals surface area contributed by atoms with Gasteiger partial charge in [-0.3, -0.25) is 4.79 Å². The Morgan fingerprint density at radius 3 is 2.54 bits per heavy atom. The molecule has 1 atom stereocenters. The van der Waals surface area contributed by atoms with Crippen molar-refractivity contribution in [3.8, 4) is 0 Å². The van der Waals surface area contributed by atoms with Gasteiger partial charge in [0.15, 0.2) is 0 Å². The fraction of sp³-hybridized carbons (Fsp3) is 0.286. The molecule has 72 valence electrons. The normalized spacial score (nSPS) is 14.2. The summed E-state index contributed by atoms with van der Waals surface area (Å²) in [6.07, 6.45) is -3.34. The fourth-order valence-electron chi connectivity index (χ4n) is 0.856. The number of H-pyrrole nitrogens is 1. The molecule has 13 heavy (non-hydrogen) atoms. The Morgan fingerprint density at radius 1 is 1.46 bits per heavy atom. The molecule has 0 fully saturated rings. The molecule has 1 aromatic rings. The Hall–Kier alpha value is -1.30. The van der Waals surface area contributed by atoms with E-state index in [4.69, 9.17) is 5.73 Å². The lowest BCUT2D eigenvalue weighted by Crippen LogP contribution is -2.33. The average Bonchev–Trinajstić information content (AvgIpc) is 2.02. The van der Waals surface area contributed by atoms with Crippen LogP contribution in [0.1, 0.15) is 11.6 Å². The summed E-state index contributed by atoms with van der Waals surface area (Å²) in [6, 6.07) is 0.122. The summed E-state index contributed by atoms with van der Waals surface area (Å²) in [4.78, 5) is 13.0. The van der Waals surface area contributed by atoms with Crippen LogP contribution in [-0.4, -0.2) is 11.2 Å². The van der Waals surface area contributed by atoms with Gasteiger partial charge in [-0.25, -0.2) is 0 Å². The fourth-order valence-corrected chi connectivity index (χ4v) is 0.856. The van der Waals surface area contributed by atoms with Crippen LogP contribution in [-0.2, 0) is 0 Å². The molecule has 0 bridgehead atoms. The Kier molecular flexibility index (Phi) is 2.42. The van der Waals surface area contributed by atoms with E-state index >= 15 is 0 Å². The summed E-state index contributed by atoms with van der Waals surface area (Å²) in [6.45, 7) is 0. The second-order valence-corrected chi connectivity index (χ2v) is 2.47. The Balaban J connectivity index is 3.10. The smallest absolute Gasteiger partial charge is 0.329 e. The summed E-state index contributed by atoms with van der Waals surface area (Å²) in [5.41, 5.74) is 3.54. The number of rotatable bonds is 1. The number of hydrogen-bond donors (Lipinski definition) is 2. The van der Waals surface area contributed by atoms with Crippen LogP contribution in [0.3, 0.4) is 0 Å². The number of hydrogen-bond acceptors (Lipinski definition) is 2. The van der Waals surface area contributed by atoms with Gasteiger partial charge in [0.25, 0.3) is 5.56 Å². The molecule has 0 spiro atoms. The molecule has 0 aliphatic rings. The van der Waals surface area contributed by atoms with Crippen LogP contribution in [0.4, 0.5) is 13.2 Å². The number of aromatic amines is 1. The van der Waals surface area contributed by atoms with Gasteiger partial charge in [-0.05, 0) is 6.07 Å². The van der Waals surface area contributed by atoms with Gasteiger partial charge in [0.1, 0.15) is 6.04 Å². The average molecular weight is 192 g/mol. The highest BCUT2D eigenvalue weighted by Gasteiger charge is 2.39. The van der Waals surface area contributed by atoms with Crippen molar-refractivity contribution in [2.75, 3.05) is 0 Å². The van der Waals surface area contributed by atoms with E-state index in [0.717, 1.165) is 6.07 Å². The molecule has 1 rings (SSSR count). The molecule has 3 N–H and O–H groups in total. The summed E-state index contributed by atoms with van der Waals surface area (Å²) >= 11 is 0. The largest absolute Gasteiger partial charge is 0.407 e. The molecule has 1 heterocycles. The van der Waals surface area contributed by atoms with Crippen molar-refractivity contribution in [2.45, 2.75) is 12.2 Å². The highest BCUT2D eigenvalue weighted by Crippen LogP contribution is 2.28. The maximum atomic E-state index is 12.0. The Bertz CT molecular complexity index is 344. The van der Waals surface area contributed by atoms with Crippen LogP contribution in [0.2, 0.25) is 0 Å². The van der Waals surface area contributed by atoms with Crippen molar-refractivity contribution < 1.29 is 13.2 Å². The van der Waals surface area contributed by atoms with Gasteiger partial charge in [-0.2, -0.15) is 13.2 Å². The summed E-state index contributed by atoms with van der Waals surface area (Å²) in [5.74, 6) is 0. The molecule has 1 aromatic heterocycles. The quantitative estimate of drug-likeness (QED) is 0.695. The molecule has 0 saturated heterocycles. The number of halogens is 3. The molecular formula is C7H7F3N2O. The van der Waals surface area contributed by atoms with Crippen LogP contribution in [0.25, 0.3) is 0 Å². The number of pyridine rings is 1. The first-order chi connectivity index (χ1) is 5.93. The topological polar surface area (TPSA) is 58.9 Å². The van der Waals surface area contributed by atoms with Crippen molar-refractivity contribution in [1.29, 1.82) is 0 Å². The first-order valence-electron chi connectivity index (χ1n) is 3.43. The summed E-state index contributed by atoms with van der Waals surface area (Å²) in [7, 11) is 0. The Morgan fingerprint density at radius 2 is 2.08 bits per heavy atom. The Labute approximate surface area is 71.4 Å². The molecule has 6 heteroatoms. The van der Waals surface area contributed by atoms with Gasteiger partial charge >= 0.3 is 6.18 Å². The van der Waals surface area contributed by atoms with E-state index in [9.17, 15) is 18.0 Å². The molecule has 3 nitrogen and oxygen atoms in total. The van der Waals surface area contributed by atoms with Crippen LogP contribution < -0.4 is 11.3 Å². The minimum absolute atomic E-state index is 0.477. The van der Waals surface area contributed by atoms with Gasteiger partial charge in [0.2, 0.25) is 0 Å². The third-order valence-corrected chi connectivity index (χ3v) is 1.54. The van der Waals surface area contributed by atoms with Crippen LogP contribution in [0.15, 0.2) is 23.1 Å². The minimum atomic E-state index is -4.59. The predicted molar refractivity (Wildman–Crippen MR) is 40.0 cm³/mol. The number of alkyl halides is 3. The van der Waals surface area contributed by atoms with Gasteiger partial charge in [0, 0.05) is 11.8 Å². The monoisotopic (exact) mass is 192 g/mol. The molecule has 1 unspecified atom stereocenters. The highest BCUT2D eigenvalue weighted by atomic mass is 19.4. The second kappa shape index (κ2) is 3.21. The van der Waals surface area contributed by atoms with Crippen molar-refractivity contribution in [3.05, 3.63) is 34.2 Å². The minimum Gasteiger partial charge on any atom is -0.329 e. The predicted octanol–water partition coefficient (Wildman–Crippen LogP) is 0.937. The lowest BCUT2D eigenvalue weighted by Gasteiger charge is -2.14. The SMILES string of the molecule is NC(c1ccc[nH]c1=O)C(F)(F)F. The van der Waals surface area contributed by atoms with Gasteiger partial charge < -0.3 is 10.7 Å². The molecule has 0 aromatic carbocycles. The summed E-state index contributed by atoms with van der Waals surface area (Å²) in [5, 5.41) is 0.